The standard InChI is InChI=1S/C27H36O4Si/c1-7-19-18-27(19)23(22-24(30-27)29-26(5,6)28-22)31-32(25(2,3)4,20-14-10-8-11-15-20)21-16-12-9-13-17-21/h8-17,19,22-24H,7,18H2,1-6H3/t19-,22?,23+,24+,27+/m1/s1. The van der Waals surface area contributed by atoms with Gasteiger partial charge in [-0.05, 0) is 41.6 Å². The van der Waals surface area contributed by atoms with Crippen LogP contribution in [-0.2, 0) is 18.6 Å². The minimum atomic E-state index is -2.73. The third kappa shape index (κ3) is 3.33. The predicted octanol–water partition coefficient (Wildman–Crippen LogP) is 4.61. The topological polar surface area (TPSA) is 36.9 Å². The summed E-state index contributed by atoms with van der Waals surface area (Å²) in [7, 11) is -2.73. The van der Waals surface area contributed by atoms with Gasteiger partial charge >= 0.3 is 0 Å². The average molecular weight is 453 g/mol. The highest BCUT2D eigenvalue weighted by Crippen LogP contribution is 2.61. The van der Waals surface area contributed by atoms with Crippen molar-refractivity contribution in [1.82, 2.24) is 0 Å². The predicted molar refractivity (Wildman–Crippen MR) is 129 cm³/mol. The van der Waals surface area contributed by atoms with Gasteiger partial charge in [0.1, 0.15) is 17.8 Å². The summed E-state index contributed by atoms with van der Waals surface area (Å²) in [6.07, 6.45) is 1.33. The molecular weight excluding hydrogens is 416 g/mol. The molecule has 2 heterocycles. The van der Waals surface area contributed by atoms with Crippen LogP contribution >= 0.6 is 0 Å². The van der Waals surface area contributed by atoms with Gasteiger partial charge in [0.15, 0.2) is 12.1 Å². The number of fused-ring (bicyclic) bond motifs is 1. The fourth-order valence-corrected chi connectivity index (χ4v) is 10.7. The Morgan fingerprint density at radius 3 is 1.94 bits per heavy atom. The monoisotopic (exact) mass is 452 g/mol. The number of hydrogen-bond acceptors (Lipinski definition) is 4. The van der Waals surface area contributed by atoms with Crippen LogP contribution in [0.4, 0.5) is 0 Å². The second-order valence-electron chi connectivity index (χ2n) is 11.1. The van der Waals surface area contributed by atoms with E-state index in [-0.39, 0.29) is 29.1 Å². The molecule has 0 radical (unpaired) electrons. The summed E-state index contributed by atoms with van der Waals surface area (Å²) >= 11 is 0. The molecule has 1 saturated carbocycles. The van der Waals surface area contributed by atoms with E-state index >= 15 is 0 Å². The molecule has 3 fully saturated rings. The van der Waals surface area contributed by atoms with Gasteiger partial charge in [0.05, 0.1) is 0 Å². The van der Waals surface area contributed by atoms with Crippen molar-refractivity contribution in [3.8, 4) is 0 Å². The maximum atomic E-state index is 7.56. The molecule has 1 unspecified atom stereocenters. The summed E-state index contributed by atoms with van der Waals surface area (Å²) in [5, 5.41) is 2.47. The highest BCUT2D eigenvalue weighted by molar-refractivity contribution is 6.99. The minimum Gasteiger partial charge on any atom is -0.399 e. The van der Waals surface area contributed by atoms with Gasteiger partial charge in [-0.25, -0.2) is 0 Å². The SMILES string of the molecule is CC[C@@H]1C[C@]12O[C@@H]1OC(C)(C)OC1[C@@H]2O[Si](c1ccccc1)(c1ccccc1)C(C)(C)C. The summed E-state index contributed by atoms with van der Waals surface area (Å²) in [4.78, 5) is 0. The first kappa shape index (κ1) is 22.3. The van der Waals surface area contributed by atoms with E-state index in [4.69, 9.17) is 18.6 Å². The van der Waals surface area contributed by atoms with Crippen LogP contribution in [0.3, 0.4) is 0 Å². The highest BCUT2D eigenvalue weighted by Gasteiger charge is 2.73. The number of hydrogen-bond donors (Lipinski definition) is 0. The van der Waals surface area contributed by atoms with Crippen molar-refractivity contribution in [3.63, 3.8) is 0 Å². The lowest BCUT2D eigenvalue weighted by Crippen LogP contribution is -2.69. The van der Waals surface area contributed by atoms with Gasteiger partial charge < -0.3 is 18.6 Å². The van der Waals surface area contributed by atoms with Crippen LogP contribution < -0.4 is 10.4 Å². The summed E-state index contributed by atoms with van der Waals surface area (Å²) in [5.74, 6) is -0.188. The van der Waals surface area contributed by atoms with Crippen LogP contribution in [0, 0.1) is 5.92 Å². The molecule has 0 N–H and O–H groups in total. The summed E-state index contributed by atoms with van der Waals surface area (Å²) in [6.45, 7) is 13.1. The van der Waals surface area contributed by atoms with Crippen molar-refractivity contribution in [1.29, 1.82) is 0 Å². The van der Waals surface area contributed by atoms with Gasteiger partial charge in [-0.15, -0.1) is 0 Å². The van der Waals surface area contributed by atoms with Crippen molar-refractivity contribution >= 4 is 18.7 Å². The third-order valence-corrected chi connectivity index (χ3v) is 12.5. The van der Waals surface area contributed by atoms with E-state index in [1.54, 1.807) is 0 Å². The first-order valence-electron chi connectivity index (χ1n) is 12.0. The van der Waals surface area contributed by atoms with E-state index in [1.807, 2.05) is 13.8 Å². The van der Waals surface area contributed by atoms with Crippen LogP contribution in [0.2, 0.25) is 5.04 Å². The molecule has 5 rings (SSSR count). The Bertz CT molecular complexity index is 915. The average Bonchev–Trinajstić information content (AvgIpc) is 3.28. The number of rotatable bonds is 5. The van der Waals surface area contributed by atoms with E-state index in [0.717, 1.165) is 12.8 Å². The molecule has 1 aliphatic carbocycles. The molecule has 2 aromatic rings. The van der Waals surface area contributed by atoms with Crippen molar-refractivity contribution in [3.05, 3.63) is 60.7 Å². The molecule has 5 atom stereocenters. The zero-order valence-electron chi connectivity index (χ0n) is 20.1. The van der Waals surface area contributed by atoms with E-state index < -0.39 is 14.1 Å². The first-order valence-corrected chi connectivity index (χ1v) is 13.9. The van der Waals surface area contributed by atoms with Crippen LogP contribution in [0.25, 0.3) is 0 Å². The molecule has 172 valence electrons. The van der Waals surface area contributed by atoms with Crippen molar-refractivity contribution < 1.29 is 18.6 Å². The van der Waals surface area contributed by atoms with Gasteiger partial charge in [0.2, 0.25) is 0 Å². The Labute approximate surface area is 193 Å². The maximum Gasteiger partial charge on any atom is 0.261 e. The van der Waals surface area contributed by atoms with E-state index in [9.17, 15) is 0 Å². The molecule has 0 aromatic heterocycles. The van der Waals surface area contributed by atoms with Crippen LogP contribution in [-0.4, -0.2) is 38.2 Å². The Hall–Kier alpha value is -1.50. The summed E-state index contributed by atoms with van der Waals surface area (Å²) < 4.78 is 26.8. The van der Waals surface area contributed by atoms with Crippen molar-refractivity contribution in [2.24, 2.45) is 5.92 Å². The van der Waals surface area contributed by atoms with Crippen molar-refractivity contribution in [2.75, 3.05) is 0 Å². The quantitative estimate of drug-likeness (QED) is 0.621. The normalized spacial score (nSPS) is 33.4. The largest absolute Gasteiger partial charge is 0.399 e. The van der Waals surface area contributed by atoms with Crippen molar-refractivity contribution in [2.45, 2.75) is 89.3 Å². The van der Waals surface area contributed by atoms with Gasteiger partial charge in [-0.1, -0.05) is 94.8 Å². The molecule has 2 aliphatic heterocycles. The third-order valence-electron chi connectivity index (χ3n) is 7.51. The lowest BCUT2D eigenvalue weighted by atomic mass is 10.1. The fourth-order valence-electron chi connectivity index (χ4n) is 5.97. The lowest BCUT2D eigenvalue weighted by Gasteiger charge is -2.46. The Balaban J connectivity index is 1.66. The number of ether oxygens (including phenoxy) is 3. The minimum absolute atomic E-state index is 0.0967. The smallest absolute Gasteiger partial charge is 0.261 e. The zero-order valence-corrected chi connectivity index (χ0v) is 21.1. The van der Waals surface area contributed by atoms with Gasteiger partial charge in [-0.2, -0.15) is 0 Å². The maximum absolute atomic E-state index is 7.56. The molecule has 5 heteroatoms. The molecule has 2 aromatic carbocycles. The Morgan fingerprint density at radius 2 is 1.47 bits per heavy atom. The molecule has 0 bridgehead atoms. The highest BCUT2D eigenvalue weighted by atomic mass is 28.4. The zero-order chi connectivity index (χ0) is 22.8. The molecule has 32 heavy (non-hydrogen) atoms. The Kier molecular flexibility index (Phi) is 5.23. The van der Waals surface area contributed by atoms with Gasteiger partial charge in [-0.3, -0.25) is 0 Å². The number of benzene rings is 2. The van der Waals surface area contributed by atoms with E-state index in [0.29, 0.717) is 5.92 Å². The van der Waals surface area contributed by atoms with Crippen LogP contribution in [0.1, 0.15) is 54.4 Å². The van der Waals surface area contributed by atoms with E-state index in [2.05, 4.69) is 88.4 Å². The molecule has 4 nitrogen and oxygen atoms in total. The molecule has 1 spiro atoms. The molecular formula is C27H36O4Si. The van der Waals surface area contributed by atoms with Gasteiger partial charge in [0, 0.05) is 0 Å². The molecule has 3 aliphatic rings. The van der Waals surface area contributed by atoms with E-state index in [1.165, 1.54) is 10.4 Å². The second kappa shape index (κ2) is 7.50. The molecule has 0 amide bonds. The van der Waals surface area contributed by atoms with Crippen LogP contribution in [0.15, 0.2) is 60.7 Å². The first-order chi connectivity index (χ1) is 15.1. The fraction of sp³-hybridized carbons (Fsp3) is 0.556. The lowest BCUT2D eigenvalue weighted by molar-refractivity contribution is -0.221. The van der Waals surface area contributed by atoms with Crippen LogP contribution in [0.5, 0.6) is 0 Å². The summed E-state index contributed by atoms with van der Waals surface area (Å²) in [6, 6.07) is 21.6. The second-order valence-corrected chi connectivity index (χ2v) is 15.3. The summed E-state index contributed by atoms with van der Waals surface area (Å²) in [5.41, 5.74) is -0.312. The van der Waals surface area contributed by atoms with Gasteiger partial charge in [0.25, 0.3) is 8.32 Å². The Morgan fingerprint density at radius 1 is 0.906 bits per heavy atom. The molecule has 2 saturated heterocycles.